The Bertz CT molecular complexity index is 1260. The number of methoxy groups -OCH3 is 2. The average molecular weight is 495 g/mol. The Morgan fingerprint density at radius 1 is 1.08 bits per heavy atom. The summed E-state index contributed by atoms with van der Waals surface area (Å²) in [7, 11) is 2.78. The molecule has 1 atom stereocenters. The van der Waals surface area contributed by atoms with Gasteiger partial charge in [-0.25, -0.2) is 14.6 Å². The summed E-state index contributed by atoms with van der Waals surface area (Å²) >= 11 is 0. The van der Waals surface area contributed by atoms with Gasteiger partial charge in [-0.15, -0.1) is 0 Å². The maximum absolute atomic E-state index is 13.8. The van der Waals surface area contributed by atoms with Crippen molar-refractivity contribution in [2.45, 2.75) is 45.6 Å². The van der Waals surface area contributed by atoms with E-state index in [4.69, 9.17) is 18.6 Å². The highest BCUT2D eigenvalue weighted by molar-refractivity contribution is 6.03. The number of carbonyl (C=O) groups is 3. The third-order valence-corrected chi connectivity index (χ3v) is 5.33. The zero-order valence-electron chi connectivity index (χ0n) is 21.2. The fraction of sp³-hybridized carbons (Fsp3) is 0.333. The number of pyridine rings is 1. The van der Waals surface area contributed by atoms with E-state index in [2.05, 4.69) is 10.3 Å². The minimum Gasteiger partial charge on any atom is -0.497 e. The number of ether oxygens (including phenoxy) is 3. The number of benzene rings is 1. The summed E-state index contributed by atoms with van der Waals surface area (Å²) < 4.78 is 20.9. The zero-order chi connectivity index (χ0) is 26.5. The van der Waals surface area contributed by atoms with Gasteiger partial charge in [0.05, 0.1) is 37.7 Å². The normalized spacial score (nSPS) is 11.9. The van der Waals surface area contributed by atoms with Gasteiger partial charge in [0.1, 0.15) is 22.8 Å². The van der Waals surface area contributed by atoms with Gasteiger partial charge in [0.25, 0.3) is 0 Å². The van der Waals surface area contributed by atoms with Gasteiger partial charge < -0.3 is 18.6 Å². The number of rotatable bonds is 8. The molecule has 2 heterocycles. The van der Waals surface area contributed by atoms with Crippen LogP contribution in [0.5, 0.6) is 5.75 Å². The SMILES string of the molecule is COC(=O)c1cccc(CC(C(=O)c2ccoc2C)c2ccc(OC)cc2NC(=O)OC(C)(C)C)n1. The molecule has 36 heavy (non-hydrogen) atoms. The zero-order valence-corrected chi connectivity index (χ0v) is 21.2. The topological polar surface area (TPSA) is 117 Å². The molecule has 1 aromatic carbocycles. The van der Waals surface area contributed by atoms with Crippen molar-refractivity contribution in [1.29, 1.82) is 0 Å². The number of carbonyl (C=O) groups excluding carboxylic acids is 3. The largest absolute Gasteiger partial charge is 0.497 e. The molecule has 0 spiro atoms. The molecule has 9 nitrogen and oxygen atoms in total. The van der Waals surface area contributed by atoms with Gasteiger partial charge in [-0.05, 0) is 57.5 Å². The Morgan fingerprint density at radius 3 is 2.44 bits per heavy atom. The van der Waals surface area contributed by atoms with Gasteiger partial charge in [-0.1, -0.05) is 12.1 Å². The lowest BCUT2D eigenvalue weighted by Gasteiger charge is -2.23. The number of Topliss-reactive ketones (excluding diaryl/α,β-unsaturated/α-hetero) is 1. The first kappa shape index (κ1) is 26.5. The lowest BCUT2D eigenvalue weighted by molar-refractivity contribution is 0.0591. The number of hydrogen-bond donors (Lipinski definition) is 1. The second kappa shape index (κ2) is 11.1. The van der Waals surface area contributed by atoms with Crippen LogP contribution in [0.15, 0.2) is 53.1 Å². The molecule has 3 aromatic rings. The van der Waals surface area contributed by atoms with Crippen LogP contribution in [-0.2, 0) is 15.9 Å². The van der Waals surface area contributed by atoms with Gasteiger partial charge >= 0.3 is 12.1 Å². The first-order valence-corrected chi connectivity index (χ1v) is 11.3. The molecule has 0 radical (unpaired) electrons. The van der Waals surface area contributed by atoms with Crippen molar-refractivity contribution in [3.8, 4) is 5.75 Å². The summed E-state index contributed by atoms with van der Waals surface area (Å²) in [4.78, 5) is 42.8. The Labute approximate surface area is 209 Å². The van der Waals surface area contributed by atoms with E-state index in [1.165, 1.54) is 26.5 Å². The van der Waals surface area contributed by atoms with Crippen molar-refractivity contribution in [3.63, 3.8) is 0 Å². The van der Waals surface area contributed by atoms with E-state index in [1.54, 1.807) is 64.1 Å². The highest BCUT2D eigenvalue weighted by atomic mass is 16.6. The molecule has 0 aliphatic heterocycles. The molecule has 2 aromatic heterocycles. The minimum absolute atomic E-state index is 0.127. The van der Waals surface area contributed by atoms with E-state index in [0.29, 0.717) is 34.0 Å². The lowest BCUT2D eigenvalue weighted by Crippen LogP contribution is -2.28. The number of hydrogen-bond acceptors (Lipinski definition) is 8. The number of furan rings is 1. The molecule has 1 amide bonds. The summed E-state index contributed by atoms with van der Waals surface area (Å²) in [5.74, 6) is -0.638. The third kappa shape index (κ3) is 6.50. The summed E-state index contributed by atoms with van der Waals surface area (Å²) in [6, 6.07) is 11.6. The molecule has 0 saturated heterocycles. The number of ketones is 1. The summed E-state index contributed by atoms with van der Waals surface area (Å²) in [6.07, 6.45) is 0.918. The number of nitrogens with one attached hydrogen (secondary N) is 1. The molecule has 0 fully saturated rings. The van der Waals surface area contributed by atoms with Crippen LogP contribution in [0.25, 0.3) is 0 Å². The van der Waals surface area contributed by atoms with Crippen LogP contribution >= 0.6 is 0 Å². The van der Waals surface area contributed by atoms with Crippen LogP contribution in [0.1, 0.15) is 64.6 Å². The number of anilines is 1. The van der Waals surface area contributed by atoms with E-state index in [0.717, 1.165) is 0 Å². The third-order valence-electron chi connectivity index (χ3n) is 5.33. The van der Waals surface area contributed by atoms with E-state index in [9.17, 15) is 14.4 Å². The van der Waals surface area contributed by atoms with Crippen LogP contribution in [0.4, 0.5) is 10.5 Å². The van der Waals surface area contributed by atoms with Crippen molar-refractivity contribution in [2.75, 3.05) is 19.5 Å². The molecule has 1 N–H and O–H groups in total. The van der Waals surface area contributed by atoms with E-state index in [1.807, 2.05) is 0 Å². The van der Waals surface area contributed by atoms with Crippen LogP contribution in [0.3, 0.4) is 0 Å². The van der Waals surface area contributed by atoms with Crippen molar-refractivity contribution in [1.82, 2.24) is 4.98 Å². The van der Waals surface area contributed by atoms with Crippen LogP contribution in [0.2, 0.25) is 0 Å². The summed E-state index contributed by atoms with van der Waals surface area (Å²) in [5.41, 5.74) is 1.19. The Kier molecular flexibility index (Phi) is 8.14. The van der Waals surface area contributed by atoms with Crippen molar-refractivity contribution < 1.29 is 33.0 Å². The molecular weight excluding hydrogens is 464 g/mol. The Morgan fingerprint density at radius 2 is 1.83 bits per heavy atom. The smallest absolute Gasteiger partial charge is 0.412 e. The van der Waals surface area contributed by atoms with Gasteiger partial charge in [0.2, 0.25) is 0 Å². The van der Waals surface area contributed by atoms with Crippen LogP contribution in [-0.4, -0.2) is 42.7 Å². The molecule has 0 bridgehead atoms. The number of aromatic nitrogens is 1. The van der Waals surface area contributed by atoms with Crippen LogP contribution < -0.4 is 10.1 Å². The van der Waals surface area contributed by atoms with Crippen molar-refractivity contribution in [2.24, 2.45) is 0 Å². The minimum atomic E-state index is -0.780. The van der Waals surface area contributed by atoms with Crippen molar-refractivity contribution >= 4 is 23.5 Å². The fourth-order valence-electron chi connectivity index (χ4n) is 3.68. The highest BCUT2D eigenvalue weighted by Gasteiger charge is 2.29. The molecule has 1 unspecified atom stereocenters. The van der Waals surface area contributed by atoms with Gasteiger partial charge in [-0.3, -0.25) is 10.1 Å². The standard InChI is InChI=1S/C27H30N2O7/c1-16-19(12-13-35-16)24(30)21(14-17-8-7-9-22(28-17)25(31)34-6)20-11-10-18(33-5)15-23(20)29-26(32)36-27(2,3)4/h7-13,15,21H,14H2,1-6H3,(H,29,32). The molecule has 0 aliphatic carbocycles. The number of nitrogens with zero attached hydrogens (tertiary/aromatic N) is 1. The predicted octanol–water partition coefficient (Wildman–Crippen LogP) is 5.33. The quantitative estimate of drug-likeness (QED) is 0.330. The molecule has 3 rings (SSSR count). The second-order valence-corrected chi connectivity index (χ2v) is 9.10. The molecular formula is C27H30N2O7. The van der Waals surface area contributed by atoms with E-state index >= 15 is 0 Å². The van der Waals surface area contributed by atoms with Gasteiger partial charge in [0.15, 0.2) is 5.78 Å². The van der Waals surface area contributed by atoms with Gasteiger partial charge in [0, 0.05) is 18.2 Å². The molecule has 9 heteroatoms. The number of amides is 1. The molecule has 0 saturated carbocycles. The lowest BCUT2D eigenvalue weighted by atomic mass is 9.85. The first-order chi connectivity index (χ1) is 17.0. The van der Waals surface area contributed by atoms with E-state index in [-0.39, 0.29) is 17.9 Å². The fourth-order valence-corrected chi connectivity index (χ4v) is 3.68. The second-order valence-electron chi connectivity index (χ2n) is 9.10. The maximum Gasteiger partial charge on any atom is 0.412 e. The Hall–Kier alpha value is -4.14. The predicted molar refractivity (Wildman–Crippen MR) is 133 cm³/mol. The monoisotopic (exact) mass is 494 g/mol. The maximum atomic E-state index is 13.8. The van der Waals surface area contributed by atoms with E-state index < -0.39 is 23.6 Å². The highest BCUT2D eigenvalue weighted by Crippen LogP contribution is 2.34. The number of aryl methyl sites for hydroxylation is 1. The van der Waals surface area contributed by atoms with Crippen LogP contribution in [0, 0.1) is 6.92 Å². The number of esters is 1. The van der Waals surface area contributed by atoms with Crippen molar-refractivity contribution in [3.05, 3.63) is 77.0 Å². The molecule has 0 aliphatic rings. The Balaban J connectivity index is 2.09. The summed E-state index contributed by atoms with van der Waals surface area (Å²) in [6.45, 7) is 6.97. The van der Waals surface area contributed by atoms with Gasteiger partial charge in [-0.2, -0.15) is 0 Å². The molecule has 190 valence electrons. The average Bonchev–Trinajstić information content (AvgIpc) is 3.26. The summed E-state index contributed by atoms with van der Waals surface area (Å²) in [5, 5.41) is 2.75. The first-order valence-electron chi connectivity index (χ1n) is 11.3.